The zero-order valence-electron chi connectivity index (χ0n) is 12.0. The Hall–Kier alpha value is -1.28. The molecule has 98 valence electrons. The number of benzene rings is 1. The molecule has 0 saturated heterocycles. The van der Waals surface area contributed by atoms with Crippen molar-refractivity contribution in [3.05, 3.63) is 35.5 Å². The van der Waals surface area contributed by atoms with Gasteiger partial charge in [-0.25, -0.2) is 0 Å². The SMILES string of the molecule is Cc1cccc2c(CCCNC(C)C)cn(C)c12. The van der Waals surface area contributed by atoms with Crippen molar-refractivity contribution in [3.8, 4) is 0 Å². The Morgan fingerprint density at radius 1 is 1.28 bits per heavy atom. The van der Waals surface area contributed by atoms with E-state index in [9.17, 15) is 0 Å². The summed E-state index contributed by atoms with van der Waals surface area (Å²) >= 11 is 0. The number of nitrogens with zero attached hydrogens (tertiary/aromatic N) is 1. The summed E-state index contributed by atoms with van der Waals surface area (Å²) in [6.45, 7) is 7.68. The van der Waals surface area contributed by atoms with Gasteiger partial charge in [0.1, 0.15) is 0 Å². The molecule has 0 fully saturated rings. The van der Waals surface area contributed by atoms with E-state index >= 15 is 0 Å². The second-order valence-electron chi connectivity index (χ2n) is 5.45. The second-order valence-corrected chi connectivity index (χ2v) is 5.45. The second kappa shape index (κ2) is 5.57. The lowest BCUT2D eigenvalue weighted by Gasteiger charge is -2.07. The van der Waals surface area contributed by atoms with Gasteiger partial charge in [0.2, 0.25) is 0 Å². The fraction of sp³-hybridized carbons (Fsp3) is 0.500. The molecule has 0 amide bonds. The summed E-state index contributed by atoms with van der Waals surface area (Å²) in [5.41, 5.74) is 4.22. The highest BCUT2D eigenvalue weighted by Crippen LogP contribution is 2.24. The molecule has 0 aliphatic heterocycles. The molecule has 0 aliphatic rings. The summed E-state index contributed by atoms with van der Waals surface area (Å²) in [6, 6.07) is 7.17. The standard InChI is InChI=1S/C16H24N2/c1-12(2)17-10-6-8-14-11-18(4)16-13(3)7-5-9-15(14)16/h5,7,9,11-12,17H,6,8,10H2,1-4H3. The molecule has 0 saturated carbocycles. The Morgan fingerprint density at radius 3 is 2.78 bits per heavy atom. The van der Waals surface area contributed by atoms with E-state index in [4.69, 9.17) is 0 Å². The van der Waals surface area contributed by atoms with Crippen molar-refractivity contribution < 1.29 is 0 Å². The lowest BCUT2D eigenvalue weighted by Crippen LogP contribution is -2.23. The molecule has 1 aromatic heterocycles. The van der Waals surface area contributed by atoms with E-state index in [1.807, 2.05) is 0 Å². The van der Waals surface area contributed by atoms with Gasteiger partial charge in [0, 0.05) is 24.7 Å². The minimum Gasteiger partial charge on any atom is -0.350 e. The normalized spacial score (nSPS) is 11.6. The molecule has 18 heavy (non-hydrogen) atoms. The van der Waals surface area contributed by atoms with Crippen LogP contribution in [0.4, 0.5) is 0 Å². The highest BCUT2D eigenvalue weighted by atomic mass is 14.9. The van der Waals surface area contributed by atoms with Gasteiger partial charge in [-0.3, -0.25) is 0 Å². The molecule has 1 aromatic carbocycles. The minimum absolute atomic E-state index is 0.583. The van der Waals surface area contributed by atoms with Crippen LogP contribution in [0.1, 0.15) is 31.4 Å². The predicted octanol–water partition coefficient (Wildman–Crippen LogP) is 3.42. The number of fused-ring (bicyclic) bond motifs is 1. The number of nitrogens with one attached hydrogen (secondary N) is 1. The number of para-hydroxylation sites is 1. The molecule has 0 unspecified atom stereocenters. The van der Waals surface area contributed by atoms with E-state index in [-0.39, 0.29) is 0 Å². The summed E-state index contributed by atoms with van der Waals surface area (Å²) in [5.74, 6) is 0. The van der Waals surface area contributed by atoms with Crippen LogP contribution in [-0.4, -0.2) is 17.2 Å². The van der Waals surface area contributed by atoms with Crippen molar-refractivity contribution in [2.75, 3.05) is 6.54 Å². The largest absolute Gasteiger partial charge is 0.350 e. The third-order valence-corrected chi connectivity index (χ3v) is 3.46. The van der Waals surface area contributed by atoms with Gasteiger partial charge in [0.25, 0.3) is 0 Å². The van der Waals surface area contributed by atoms with Gasteiger partial charge in [0.15, 0.2) is 0 Å². The first kappa shape index (κ1) is 13.2. The van der Waals surface area contributed by atoms with E-state index < -0.39 is 0 Å². The molecular weight excluding hydrogens is 220 g/mol. The van der Waals surface area contributed by atoms with E-state index in [0.717, 1.165) is 13.0 Å². The first-order chi connectivity index (χ1) is 8.59. The maximum absolute atomic E-state index is 3.48. The predicted molar refractivity (Wildman–Crippen MR) is 79.1 cm³/mol. The van der Waals surface area contributed by atoms with Crippen LogP contribution in [0.5, 0.6) is 0 Å². The quantitative estimate of drug-likeness (QED) is 0.797. The zero-order valence-corrected chi connectivity index (χ0v) is 12.0. The summed E-state index contributed by atoms with van der Waals surface area (Å²) in [4.78, 5) is 0. The van der Waals surface area contributed by atoms with Gasteiger partial charge >= 0.3 is 0 Å². The highest BCUT2D eigenvalue weighted by Gasteiger charge is 2.07. The van der Waals surface area contributed by atoms with Crippen LogP contribution in [0.25, 0.3) is 10.9 Å². The third-order valence-electron chi connectivity index (χ3n) is 3.46. The molecule has 0 spiro atoms. The molecule has 0 aliphatic carbocycles. The van der Waals surface area contributed by atoms with E-state index in [2.05, 4.69) is 62.1 Å². The van der Waals surface area contributed by atoms with Crippen molar-refractivity contribution in [1.29, 1.82) is 0 Å². The Labute approximate surface area is 110 Å². The number of hydrogen-bond donors (Lipinski definition) is 1. The van der Waals surface area contributed by atoms with Crippen LogP contribution in [0, 0.1) is 6.92 Å². The first-order valence-electron chi connectivity index (χ1n) is 6.86. The van der Waals surface area contributed by atoms with Crippen molar-refractivity contribution in [1.82, 2.24) is 9.88 Å². The summed E-state index contributed by atoms with van der Waals surface area (Å²) < 4.78 is 2.26. The van der Waals surface area contributed by atoms with Crippen LogP contribution in [0.15, 0.2) is 24.4 Å². The molecule has 0 radical (unpaired) electrons. The van der Waals surface area contributed by atoms with E-state index in [1.54, 1.807) is 0 Å². The van der Waals surface area contributed by atoms with Crippen molar-refractivity contribution >= 4 is 10.9 Å². The van der Waals surface area contributed by atoms with Gasteiger partial charge in [-0.1, -0.05) is 32.0 Å². The molecular formula is C16H24N2. The summed E-state index contributed by atoms with van der Waals surface area (Å²) in [6.07, 6.45) is 4.64. The van der Waals surface area contributed by atoms with E-state index in [1.165, 1.54) is 28.5 Å². The molecule has 2 nitrogen and oxygen atoms in total. The molecule has 2 aromatic rings. The Bertz CT molecular complexity index is 523. The van der Waals surface area contributed by atoms with Gasteiger partial charge in [-0.15, -0.1) is 0 Å². The van der Waals surface area contributed by atoms with Crippen molar-refractivity contribution in [3.63, 3.8) is 0 Å². The Balaban J connectivity index is 2.12. The maximum atomic E-state index is 3.48. The lowest BCUT2D eigenvalue weighted by atomic mass is 10.1. The average Bonchev–Trinajstić information content (AvgIpc) is 2.63. The van der Waals surface area contributed by atoms with Gasteiger partial charge < -0.3 is 9.88 Å². The molecule has 1 heterocycles. The minimum atomic E-state index is 0.583. The van der Waals surface area contributed by atoms with Crippen LogP contribution >= 0.6 is 0 Å². The number of aromatic nitrogens is 1. The third kappa shape index (κ3) is 2.75. The van der Waals surface area contributed by atoms with Crippen LogP contribution in [0.3, 0.4) is 0 Å². The fourth-order valence-corrected chi connectivity index (χ4v) is 2.62. The van der Waals surface area contributed by atoms with Gasteiger partial charge in [-0.05, 0) is 37.4 Å². The number of rotatable bonds is 5. The first-order valence-corrected chi connectivity index (χ1v) is 6.86. The van der Waals surface area contributed by atoms with Crippen molar-refractivity contribution in [2.45, 2.75) is 39.7 Å². The summed E-state index contributed by atoms with van der Waals surface area (Å²) in [7, 11) is 2.14. The highest BCUT2D eigenvalue weighted by molar-refractivity contribution is 5.86. The Kier molecular flexibility index (Phi) is 4.07. The zero-order chi connectivity index (χ0) is 13.1. The maximum Gasteiger partial charge on any atom is 0.0510 e. The fourth-order valence-electron chi connectivity index (χ4n) is 2.62. The van der Waals surface area contributed by atoms with E-state index in [0.29, 0.717) is 6.04 Å². The monoisotopic (exact) mass is 244 g/mol. The Morgan fingerprint density at radius 2 is 2.06 bits per heavy atom. The van der Waals surface area contributed by atoms with Gasteiger partial charge in [0.05, 0.1) is 5.52 Å². The van der Waals surface area contributed by atoms with Crippen LogP contribution in [-0.2, 0) is 13.5 Å². The van der Waals surface area contributed by atoms with Gasteiger partial charge in [-0.2, -0.15) is 0 Å². The topological polar surface area (TPSA) is 17.0 Å². The van der Waals surface area contributed by atoms with Crippen molar-refractivity contribution in [2.24, 2.45) is 7.05 Å². The average molecular weight is 244 g/mol. The molecule has 1 N–H and O–H groups in total. The van der Waals surface area contributed by atoms with Crippen LogP contribution < -0.4 is 5.32 Å². The number of hydrogen-bond acceptors (Lipinski definition) is 1. The summed E-state index contributed by atoms with van der Waals surface area (Å²) in [5, 5.41) is 4.89. The molecule has 2 rings (SSSR count). The lowest BCUT2D eigenvalue weighted by molar-refractivity contribution is 0.571. The smallest absolute Gasteiger partial charge is 0.0510 e. The molecule has 0 atom stereocenters. The van der Waals surface area contributed by atoms with Crippen LogP contribution in [0.2, 0.25) is 0 Å². The molecule has 0 bridgehead atoms. The molecule has 2 heteroatoms. The number of aryl methyl sites for hydroxylation is 3.